The summed E-state index contributed by atoms with van der Waals surface area (Å²) >= 11 is 2.09. The Morgan fingerprint density at radius 3 is 2.50 bits per heavy atom. The van der Waals surface area contributed by atoms with E-state index >= 15 is 0 Å². The van der Waals surface area contributed by atoms with Gasteiger partial charge in [-0.2, -0.15) is 11.8 Å². The van der Waals surface area contributed by atoms with Crippen LogP contribution in [0.3, 0.4) is 0 Å². The molecule has 0 aromatic carbocycles. The van der Waals surface area contributed by atoms with Gasteiger partial charge in [0.15, 0.2) is 0 Å². The monoisotopic (exact) mass is 328 g/mol. The number of carboxylic acids is 1. The molecule has 0 aromatic rings. The minimum absolute atomic E-state index is 0.330. The van der Waals surface area contributed by atoms with Gasteiger partial charge in [-0.05, 0) is 49.0 Å². The first-order valence-corrected chi connectivity index (χ1v) is 10.3. The van der Waals surface area contributed by atoms with E-state index in [0.29, 0.717) is 12.5 Å². The van der Waals surface area contributed by atoms with Gasteiger partial charge in [0.05, 0.1) is 12.7 Å². The first-order chi connectivity index (χ1) is 10.8. The average molecular weight is 329 g/mol. The van der Waals surface area contributed by atoms with Crippen molar-refractivity contribution in [2.45, 2.75) is 76.7 Å². The normalized spacial score (nSPS) is 26.4. The fourth-order valence-corrected chi connectivity index (χ4v) is 5.22. The molecule has 2 atom stereocenters. The lowest BCUT2D eigenvalue weighted by atomic mass is 9.91. The van der Waals surface area contributed by atoms with Gasteiger partial charge in [-0.25, -0.2) is 0 Å². The Bertz CT molecular complexity index is 315. The fraction of sp³-hybridized carbons (Fsp3) is 0.944. The molecule has 0 spiro atoms. The Balaban J connectivity index is 1.54. The Morgan fingerprint density at radius 1 is 1.00 bits per heavy atom. The largest absolute Gasteiger partial charge is 0.481 e. The maximum absolute atomic E-state index is 10.5. The van der Waals surface area contributed by atoms with Gasteiger partial charge in [-0.15, -0.1) is 0 Å². The SMILES string of the molecule is O=C(O)CCCCCCC1CSCC1COC1CCCCC1. The second-order valence-electron chi connectivity index (χ2n) is 7.00. The van der Waals surface area contributed by atoms with Crippen molar-refractivity contribution in [1.82, 2.24) is 0 Å². The quantitative estimate of drug-likeness (QED) is 0.588. The van der Waals surface area contributed by atoms with Gasteiger partial charge in [0.25, 0.3) is 0 Å². The summed E-state index contributed by atoms with van der Waals surface area (Å²) in [4.78, 5) is 10.5. The molecule has 22 heavy (non-hydrogen) atoms. The standard InChI is InChI=1S/C18H32O3S/c19-18(20)11-7-2-1-4-8-15-13-22-14-16(15)12-21-17-9-5-3-6-10-17/h15-17H,1-14H2,(H,19,20). The average Bonchev–Trinajstić information content (AvgIpc) is 2.97. The van der Waals surface area contributed by atoms with E-state index < -0.39 is 5.97 Å². The summed E-state index contributed by atoms with van der Waals surface area (Å²) in [6, 6.07) is 0. The number of rotatable bonds is 10. The maximum Gasteiger partial charge on any atom is 0.303 e. The lowest BCUT2D eigenvalue weighted by Crippen LogP contribution is -2.24. The van der Waals surface area contributed by atoms with Gasteiger partial charge in [0.1, 0.15) is 0 Å². The van der Waals surface area contributed by atoms with E-state index in [9.17, 15) is 4.79 Å². The number of unbranched alkanes of at least 4 members (excludes halogenated alkanes) is 3. The summed E-state index contributed by atoms with van der Waals surface area (Å²) in [5.74, 6) is 3.50. The van der Waals surface area contributed by atoms with Crippen LogP contribution in [-0.4, -0.2) is 35.3 Å². The zero-order valence-corrected chi connectivity index (χ0v) is 14.6. The highest BCUT2D eigenvalue weighted by Crippen LogP contribution is 2.34. The van der Waals surface area contributed by atoms with Crippen LogP contribution in [0.5, 0.6) is 0 Å². The van der Waals surface area contributed by atoms with Crippen LogP contribution in [0.4, 0.5) is 0 Å². The summed E-state index contributed by atoms with van der Waals surface area (Å²) < 4.78 is 6.19. The highest BCUT2D eigenvalue weighted by molar-refractivity contribution is 7.99. The summed E-state index contributed by atoms with van der Waals surface area (Å²) in [7, 11) is 0. The van der Waals surface area contributed by atoms with Crippen molar-refractivity contribution in [2.24, 2.45) is 11.8 Å². The van der Waals surface area contributed by atoms with Crippen molar-refractivity contribution in [3.05, 3.63) is 0 Å². The van der Waals surface area contributed by atoms with Gasteiger partial charge in [0.2, 0.25) is 0 Å². The highest BCUT2D eigenvalue weighted by atomic mass is 32.2. The molecule has 3 nitrogen and oxygen atoms in total. The van der Waals surface area contributed by atoms with E-state index in [-0.39, 0.29) is 0 Å². The van der Waals surface area contributed by atoms with E-state index in [1.54, 1.807) is 0 Å². The molecule has 2 fully saturated rings. The molecule has 1 heterocycles. The van der Waals surface area contributed by atoms with Gasteiger partial charge >= 0.3 is 5.97 Å². The molecule has 1 aliphatic carbocycles. The number of ether oxygens (including phenoxy) is 1. The number of hydrogen-bond donors (Lipinski definition) is 1. The first-order valence-electron chi connectivity index (χ1n) is 9.17. The van der Waals surface area contributed by atoms with Crippen molar-refractivity contribution in [1.29, 1.82) is 0 Å². The second-order valence-corrected chi connectivity index (χ2v) is 8.07. The minimum atomic E-state index is -0.660. The predicted octanol–water partition coefficient (Wildman–Crippen LogP) is 4.74. The molecule has 0 amide bonds. The van der Waals surface area contributed by atoms with E-state index in [4.69, 9.17) is 9.84 Å². The Hall–Kier alpha value is -0.220. The van der Waals surface area contributed by atoms with E-state index in [0.717, 1.165) is 31.3 Å². The molecule has 2 unspecified atom stereocenters. The lowest BCUT2D eigenvalue weighted by molar-refractivity contribution is -0.137. The second kappa shape index (κ2) is 10.5. The van der Waals surface area contributed by atoms with Crippen LogP contribution in [-0.2, 0) is 9.53 Å². The third kappa shape index (κ3) is 6.91. The molecule has 0 bridgehead atoms. The molecule has 1 saturated heterocycles. The minimum Gasteiger partial charge on any atom is -0.481 e. The van der Waals surface area contributed by atoms with Gasteiger partial charge in [0, 0.05) is 6.42 Å². The Morgan fingerprint density at radius 2 is 1.73 bits per heavy atom. The number of carbonyl (C=O) groups is 1. The first kappa shape index (κ1) is 18.1. The van der Waals surface area contributed by atoms with Crippen molar-refractivity contribution < 1.29 is 14.6 Å². The van der Waals surface area contributed by atoms with Crippen molar-refractivity contribution in [3.63, 3.8) is 0 Å². The molecule has 4 heteroatoms. The van der Waals surface area contributed by atoms with Crippen LogP contribution >= 0.6 is 11.8 Å². The van der Waals surface area contributed by atoms with E-state index in [2.05, 4.69) is 11.8 Å². The molecule has 2 aliphatic rings. The third-order valence-corrected chi connectivity index (χ3v) is 6.47. The molecule has 1 N–H and O–H groups in total. The van der Waals surface area contributed by atoms with Gasteiger partial charge in [-0.3, -0.25) is 4.79 Å². The molecule has 1 saturated carbocycles. The fourth-order valence-electron chi connectivity index (χ4n) is 3.67. The summed E-state index contributed by atoms with van der Waals surface area (Å²) in [5.41, 5.74) is 0. The van der Waals surface area contributed by atoms with E-state index in [1.807, 2.05) is 0 Å². The lowest BCUT2D eigenvalue weighted by Gasteiger charge is -2.25. The van der Waals surface area contributed by atoms with Crippen LogP contribution in [0.2, 0.25) is 0 Å². The van der Waals surface area contributed by atoms with Gasteiger partial charge in [-0.1, -0.05) is 38.5 Å². The summed E-state index contributed by atoms with van der Waals surface area (Å²) in [6.45, 7) is 0.974. The van der Waals surface area contributed by atoms with Crippen LogP contribution in [0.15, 0.2) is 0 Å². The topological polar surface area (TPSA) is 46.5 Å². The Labute approximate surface area is 139 Å². The Kier molecular flexibility index (Phi) is 8.68. The third-order valence-electron chi connectivity index (χ3n) is 5.14. The molecular weight excluding hydrogens is 296 g/mol. The van der Waals surface area contributed by atoms with E-state index in [1.165, 1.54) is 62.9 Å². The van der Waals surface area contributed by atoms with Crippen LogP contribution in [0, 0.1) is 11.8 Å². The molecular formula is C18H32O3S. The van der Waals surface area contributed by atoms with Crippen LogP contribution in [0.25, 0.3) is 0 Å². The molecule has 0 aromatic heterocycles. The van der Waals surface area contributed by atoms with Gasteiger partial charge < -0.3 is 9.84 Å². The van der Waals surface area contributed by atoms with Crippen molar-refractivity contribution in [3.8, 4) is 0 Å². The summed E-state index contributed by atoms with van der Waals surface area (Å²) in [5, 5.41) is 8.63. The van der Waals surface area contributed by atoms with Crippen LogP contribution < -0.4 is 0 Å². The summed E-state index contributed by atoms with van der Waals surface area (Å²) in [6.07, 6.45) is 13.2. The van der Waals surface area contributed by atoms with Crippen molar-refractivity contribution in [2.75, 3.05) is 18.1 Å². The maximum atomic E-state index is 10.5. The number of hydrogen-bond acceptors (Lipinski definition) is 3. The zero-order valence-electron chi connectivity index (χ0n) is 13.8. The molecule has 0 radical (unpaired) electrons. The number of thioether (sulfide) groups is 1. The molecule has 2 rings (SSSR count). The smallest absolute Gasteiger partial charge is 0.303 e. The molecule has 128 valence electrons. The zero-order chi connectivity index (χ0) is 15.6. The number of carboxylic acid groups (broad SMARTS) is 1. The molecule has 1 aliphatic heterocycles. The van der Waals surface area contributed by atoms with Crippen LogP contribution in [0.1, 0.15) is 70.6 Å². The highest BCUT2D eigenvalue weighted by Gasteiger charge is 2.28. The number of aliphatic carboxylic acids is 1. The predicted molar refractivity (Wildman–Crippen MR) is 92.5 cm³/mol. The van der Waals surface area contributed by atoms with Crippen molar-refractivity contribution >= 4 is 17.7 Å².